The summed E-state index contributed by atoms with van der Waals surface area (Å²) < 4.78 is 5.73. The lowest BCUT2D eigenvalue weighted by Crippen LogP contribution is -2.31. The van der Waals surface area contributed by atoms with Crippen molar-refractivity contribution in [3.63, 3.8) is 0 Å². The smallest absolute Gasteiger partial charge is 0.294 e. The van der Waals surface area contributed by atoms with Crippen molar-refractivity contribution >= 4 is 17.4 Å². The van der Waals surface area contributed by atoms with E-state index in [-0.39, 0.29) is 23.7 Å². The number of carbonyl (C=O) groups is 2. The van der Waals surface area contributed by atoms with Crippen LogP contribution in [0.2, 0.25) is 0 Å². The Kier molecular flexibility index (Phi) is 7.16. The molecule has 0 fully saturated rings. The highest BCUT2D eigenvalue weighted by Gasteiger charge is 2.44. The third-order valence-electron chi connectivity index (χ3n) is 5.37. The molecule has 0 aliphatic carbocycles. The van der Waals surface area contributed by atoms with E-state index >= 15 is 0 Å². The minimum Gasteiger partial charge on any atom is -0.503 e. The van der Waals surface area contributed by atoms with Crippen molar-refractivity contribution in [1.29, 1.82) is 0 Å². The van der Waals surface area contributed by atoms with Gasteiger partial charge in [-0.05, 0) is 42.0 Å². The van der Waals surface area contributed by atoms with Gasteiger partial charge in [0.1, 0.15) is 5.75 Å². The van der Waals surface area contributed by atoms with Crippen molar-refractivity contribution in [2.75, 3.05) is 11.5 Å². The summed E-state index contributed by atoms with van der Waals surface area (Å²) in [6.07, 6.45) is 2.03. The maximum atomic E-state index is 13.2. The minimum absolute atomic E-state index is 0.117. The maximum absolute atomic E-state index is 13.2. The molecule has 0 spiro atoms. The van der Waals surface area contributed by atoms with E-state index < -0.39 is 17.7 Å². The first kappa shape index (κ1) is 22.6. The van der Waals surface area contributed by atoms with Crippen LogP contribution in [0.5, 0.6) is 5.75 Å². The van der Waals surface area contributed by atoms with Crippen LogP contribution in [0.4, 0.5) is 5.69 Å². The second-order valence-corrected chi connectivity index (χ2v) is 8.30. The number of aryl methyl sites for hydroxylation is 1. The van der Waals surface area contributed by atoms with Crippen molar-refractivity contribution in [2.24, 2.45) is 5.92 Å². The molecular formula is C26H31NO4. The summed E-state index contributed by atoms with van der Waals surface area (Å²) in [5.74, 6) is -0.467. The normalized spacial score (nSPS) is 16.4. The Hall–Kier alpha value is -3.08. The molecule has 1 heterocycles. The van der Waals surface area contributed by atoms with Crippen LogP contribution in [0.3, 0.4) is 0 Å². The molecule has 0 aromatic heterocycles. The van der Waals surface area contributed by atoms with E-state index in [4.69, 9.17) is 4.74 Å². The molecule has 0 saturated carbocycles. The van der Waals surface area contributed by atoms with Crippen molar-refractivity contribution in [1.82, 2.24) is 0 Å². The van der Waals surface area contributed by atoms with E-state index in [0.29, 0.717) is 18.0 Å². The SMILES string of the molecule is CCCOc1cccc(N2C(=O)C(O)=C(C(=O)CC(C)C)C2c2ccc(CC)cc2)c1. The van der Waals surface area contributed by atoms with Gasteiger partial charge >= 0.3 is 0 Å². The van der Waals surface area contributed by atoms with Crippen molar-refractivity contribution in [2.45, 2.75) is 53.0 Å². The zero-order chi connectivity index (χ0) is 22.5. The first-order chi connectivity index (χ1) is 14.9. The Morgan fingerprint density at radius 2 is 1.84 bits per heavy atom. The molecule has 1 atom stereocenters. The summed E-state index contributed by atoms with van der Waals surface area (Å²) >= 11 is 0. The van der Waals surface area contributed by atoms with Crippen LogP contribution in [0.15, 0.2) is 59.9 Å². The second-order valence-electron chi connectivity index (χ2n) is 8.30. The summed E-state index contributed by atoms with van der Waals surface area (Å²) in [6.45, 7) is 8.57. The standard InChI is InChI=1S/C26H31NO4/c1-5-14-31-21-9-7-8-20(16-21)27-24(19-12-10-18(6-2)11-13-19)23(25(29)26(27)30)22(28)15-17(3)4/h7-13,16-17,24,29H,5-6,14-15H2,1-4H3. The van der Waals surface area contributed by atoms with E-state index in [1.54, 1.807) is 12.1 Å². The topological polar surface area (TPSA) is 66.8 Å². The lowest BCUT2D eigenvalue weighted by Gasteiger charge is -2.27. The number of amides is 1. The van der Waals surface area contributed by atoms with Gasteiger partial charge < -0.3 is 9.84 Å². The average Bonchev–Trinajstić information content (AvgIpc) is 3.03. The van der Waals surface area contributed by atoms with E-state index in [1.165, 1.54) is 4.90 Å². The van der Waals surface area contributed by atoms with Gasteiger partial charge in [0.15, 0.2) is 11.5 Å². The second kappa shape index (κ2) is 9.82. The number of aliphatic hydroxyl groups is 1. The number of benzene rings is 2. The molecule has 0 saturated heterocycles. The zero-order valence-electron chi connectivity index (χ0n) is 18.7. The molecular weight excluding hydrogens is 390 g/mol. The molecule has 1 amide bonds. The van der Waals surface area contributed by atoms with Crippen LogP contribution in [-0.4, -0.2) is 23.4 Å². The van der Waals surface area contributed by atoms with Crippen molar-refractivity contribution in [3.05, 3.63) is 71.0 Å². The molecule has 0 bridgehead atoms. The number of aliphatic hydroxyl groups excluding tert-OH is 1. The third-order valence-corrected chi connectivity index (χ3v) is 5.37. The number of hydrogen-bond donors (Lipinski definition) is 1. The Morgan fingerprint density at radius 3 is 2.45 bits per heavy atom. The average molecular weight is 422 g/mol. The van der Waals surface area contributed by atoms with Crippen LogP contribution >= 0.6 is 0 Å². The fraction of sp³-hybridized carbons (Fsp3) is 0.385. The molecule has 1 N–H and O–H groups in total. The summed E-state index contributed by atoms with van der Waals surface area (Å²) in [7, 11) is 0. The van der Waals surface area contributed by atoms with Gasteiger partial charge in [-0.2, -0.15) is 0 Å². The van der Waals surface area contributed by atoms with Gasteiger partial charge in [-0.25, -0.2) is 0 Å². The number of Topliss-reactive ketones (excluding diaryl/α,β-unsaturated/α-hetero) is 1. The van der Waals surface area contributed by atoms with Gasteiger partial charge in [0, 0.05) is 18.2 Å². The third kappa shape index (κ3) is 4.82. The highest BCUT2D eigenvalue weighted by Crippen LogP contribution is 2.42. The number of rotatable bonds is 9. The molecule has 2 aromatic rings. The number of anilines is 1. The number of nitrogens with zero attached hydrogens (tertiary/aromatic N) is 1. The van der Waals surface area contributed by atoms with Gasteiger partial charge in [-0.3, -0.25) is 14.5 Å². The lowest BCUT2D eigenvalue weighted by molar-refractivity contribution is -0.118. The molecule has 31 heavy (non-hydrogen) atoms. The van der Waals surface area contributed by atoms with Crippen molar-refractivity contribution in [3.8, 4) is 5.75 Å². The summed E-state index contributed by atoms with van der Waals surface area (Å²) in [5.41, 5.74) is 2.71. The molecule has 1 aliphatic heterocycles. The monoisotopic (exact) mass is 421 g/mol. The van der Waals surface area contributed by atoms with E-state index in [9.17, 15) is 14.7 Å². The summed E-state index contributed by atoms with van der Waals surface area (Å²) in [5, 5.41) is 10.8. The Morgan fingerprint density at radius 1 is 1.13 bits per heavy atom. The number of carbonyl (C=O) groups excluding carboxylic acids is 2. The molecule has 5 heteroatoms. The van der Waals surface area contributed by atoms with Crippen LogP contribution in [0, 0.1) is 5.92 Å². The first-order valence-electron chi connectivity index (χ1n) is 11.0. The van der Waals surface area contributed by atoms with Gasteiger partial charge in [0.2, 0.25) is 0 Å². The van der Waals surface area contributed by atoms with E-state index in [0.717, 1.165) is 24.0 Å². The Bertz CT molecular complexity index is 975. The van der Waals surface area contributed by atoms with Crippen LogP contribution in [0.25, 0.3) is 0 Å². The molecule has 1 unspecified atom stereocenters. The van der Waals surface area contributed by atoms with Crippen LogP contribution in [-0.2, 0) is 16.0 Å². The largest absolute Gasteiger partial charge is 0.503 e. The van der Waals surface area contributed by atoms with Crippen molar-refractivity contribution < 1.29 is 19.4 Å². The fourth-order valence-corrected chi connectivity index (χ4v) is 3.83. The van der Waals surface area contributed by atoms with Gasteiger partial charge in [-0.1, -0.05) is 58.0 Å². The number of ketones is 1. The molecule has 1 aliphatic rings. The molecule has 2 aromatic carbocycles. The zero-order valence-corrected chi connectivity index (χ0v) is 18.7. The molecule has 164 valence electrons. The number of hydrogen-bond acceptors (Lipinski definition) is 4. The van der Waals surface area contributed by atoms with Crippen LogP contribution in [0.1, 0.15) is 57.7 Å². The Labute approximate surface area is 184 Å². The van der Waals surface area contributed by atoms with Gasteiger partial charge in [0.25, 0.3) is 5.91 Å². The van der Waals surface area contributed by atoms with E-state index in [1.807, 2.05) is 57.2 Å². The van der Waals surface area contributed by atoms with Gasteiger partial charge in [0.05, 0.1) is 18.2 Å². The van der Waals surface area contributed by atoms with E-state index in [2.05, 4.69) is 6.92 Å². The summed E-state index contributed by atoms with van der Waals surface area (Å²) in [6, 6.07) is 14.4. The predicted molar refractivity (Wildman–Crippen MR) is 122 cm³/mol. The molecule has 0 radical (unpaired) electrons. The fourth-order valence-electron chi connectivity index (χ4n) is 3.83. The minimum atomic E-state index is -0.675. The first-order valence-corrected chi connectivity index (χ1v) is 11.0. The highest BCUT2D eigenvalue weighted by atomic mass is 16.5. The predicted octanol–water partition coefficient (Wildman–Crippen LogP) is 5.55. The molecule has 3 rings (SSSR count). The lowest BCUT2D eigenvalue weighted by atomic mass is 9.91. The van der Waals surface area contributed by atoms with Crippen LogP contribution < -0.4 is 9.64 Å². The maximum Gasteiger partial charge on any atom is 0.294 e. The Balaban J connectivity index is 2.09. The summed E-state index contributed by atoms with van der Waals surface area (Å²) in [4.78, 5) is 27.7. The highest BCUT2D eigenvalue weighted by molar-refractivity contribution is 6.16. The van der Waals surface area contributed by atoms with Gasteiger partial charge in [-0.15, -0.1) is 0 Å². The molecule has 5 nitrogen and oxygen atoms in total. The number of ether oxygens (including phenoxy) is 1. The quantitative estimate of drug-likeness (QED) is 0.576.